The summed E-state index contributed by atoms with van der Waals surface area (Å²) in [4.78, 5) is 0. The first-order chi connectivity index (χ1) is 9.63. The molecule has 1 N–H and O–H groups in total. The Kier molecular flexibility index (Phi) is 5.60. The van der Waals surface area contributed by atoms with Crippen molar-refractivity contribution in [2.75, 3.05) is 6.54 Å². The summed E-state index contributed by atoms with van der Waals surface area (Å²) in [6.07, 6.45) is 0.975. The zero-order valence-electron chi connectivity index (χ0n) is 12.4. The number of halogens is 1. The highest BCUT2D eigenvalue weighted by Crippen LogP contribution is 2.20. The molecule has 0 aliphatic heterocycles. The highest BCUT2D eigenvalue weighted by Gasteiger charge is 2.14. The van der Waals surface area contributed by atoms with Gasteiger partial charge >= 0.3 is 0 Å². The zero-order chi connectivity index (χ0) is 14.5. The van der Waals surface area contributed by atoms with Crippen LogP contribution in [-0.4, -0.2) is 16.3 Å². The molecular weight excluding hydrogens is 361 g/mol. The monoisotopic (exact) mass is 383 g/mol. The quantitative estimate of drug-likeness (QED) is 0.771. The Hall–Kier alpha value is -0.880. The molecule has 108 valence electrons. The Morgan fingerprint density at radius 2 is 1.95 bits per heavy atom. The summed E-state index contributed by atoms with van der Waals surface area (Å²) in [6, 6.07) is 11.3. The van der Waals surface area contributed by atoms with Gasteiger partial charge in [-0.3, -0.25) is 4.68 Å². The number of likely N-dealkylation sites (N-methyl/N-ethyl adjacent to an activating group) is 1. The van der Waals surface area contributed by atoms with E-state index in [-0.39, 0.29) is 0 Å². The van der Waals surface area contributed by atoms with E-state index in [0.29, 0.717) is 6.04 Å². The van der Waals surface area contributed by atoms with E-state index in [1.54, 1.807) is 0 Å². The molecule has 0 aliphatic rings. The minimum Gasteiger partial charge on any atom is -0.310 e. The van der Waals surface area contributed by atoms with Crippen molar-refractivity contribution in [2.45, 2.75) is 39.8 Å². The van der Waals surface area contributed by atoms with E-state index < -0.39 is 0 Å². The largest absolute Gasteiger partial charge is 0.310 e. The third kappa shape index (κ3) is 3.82. The summed E-state index contributed by atoms with van der Waals surface area (Å²) >= 11 is 2.35. The van der Waals surface area contributed by atoms with Gasteiger partial charge in [-0.05, 0) is 66.7 Å². The zero-order valence-corrected chi connectivity index (χ0v) is 14.5. The molecule has 0 aliphatic carbocycles. The third-order valence-electron chi connectivity index (χ3n) is 3.42. The van der Waals surface area contributed by atoms with Gasteiger partial charge in [-0.2, -0.15) is 5.10 Å². The van der Waals surface area contributed by atoms with Gasteiger partial charge in [-0.15, -0.1) is 0 Å². The van der Waals surface area contributed by atoms with Gasteiger partial charge in [0, 0.05) is 28.3 Å². The van der Waals surface area contributed by atoms with Crippen LogP contribution in [0.4, 0.5) is 0 Å². The van der Waals surface area contributed by atoms with Crippen molar-refractivity contribution in [3.63, 3.8) is 0 Å². The van der Waals surface area contributed by atoms with Crippen molar-refractivity contribution >= 4 is 22.6 Å². The number of rotatable bonds is 6. The van der Waals surface area contributed by atoms with Crippen LogP contribution in [0.15, 0.2) is 30.3 Å². The lowest BCUT2D eigenvalue weighted by Crippen LogP contribution is -2.24. The number of aryl methyl sites for hydroxylation is 2. The van der Waals surface area contributed by atoms with Crippen molar-refractivity contribution in [3.05, 3.63) is 50.9 Å². The second-order valence-corrected chi connectivity index (χ2v) is 6.20. The van der Waals surface area contributed by atoms with E-state index in [1.165, 1.54) is 14.8 Å². The molecule has 1 aromatic carbocycles. The van der Waals surface area contributed by atoms with E-state index in [2.05, 4.69) is 88.8 Å². The minimum atomic E-state index is 0.346. The van der Waals surface area contributed by atoms with Gasteiger partial charge in [0.1, 0.15) is 0 Å². The Balaban J connectivity index is 2.22. The highest BCUT2D eigenvalue weighted by atomic mass is 127. The van der Waals surface area contributed by atoms with Gasteiger partial charge in [0.15, 0.2) is 0 Å². The Morgan fingerprint density at radius 1 is 1.25 bits per heavy atom. The van der Waals surface area contributed by atoms with Crippen LogP contribution in [0.1, 0.15) is 36.8 Å². The molecule has 2 rings (SSSR count). The molecule has 1 atom stereocenters. The third-order valence-corrected chi connectivity index (χ3v) is 4.14. The summed E-state index contributed by atoms with van der Waals surface area (Å²) in [7, 11) is 0. The average Bonchev–Trinajstić information content (AvgIpc) is 2.79. The smallest absolute Gasteiger partial charge is 0.0596 e. The molecule has 1 aromatic heterocycles. The molecule has 4 heteroatoms. The number of hydrogen-bond donors (Lipinski definition) is 1. The molecular formula is C16H22IN3. The van der Waals surface area contributed by atoms with Crippen LogP contribution in [0.3, 0.4) is 0 Å². The summed E-state index contributed by atoms with van der Waals surface area (Å²) in [5.74, 6) is 0. The number of benzene rings is 1. The van der Waals surface area contributed by atoms with Gasteiger partial charge < -0.3 is 5.32 Å². The topological polar surface area (TPSA) is 29.9 Å². The molecule has 1 heterocycles. The van der Waals surface area contributed by atoms with Crippen LogP contribution in [0.5, 0.6) is 0 Å². The molecule has 2 aromatic rings. The second kappa shape index (κ2) is 7.22. The number of nitrogens with zero attached hydrogens (tertiary/aromatic N) is 2. The first-order valence-corrected chi connectivity index (χ1v) is 8.24. The molecule has 0 saturated heterocycles. The number of nitrogens with one attached hydrogen (secondary N) is 1. The van der Waals surface area contributed by atoms with Crippen LogP contribution in [-0.2, 0) is 13.0 Å². The molecule has 0 fully saturated rings. The SMILES string of the molecule is CCNC(Cc1cc(C)nn1CC)c1ccc(I)cc1. The van der Waals surface area contributed by atoms with Crippen molar-refractivity contribution in [3.8, 4) is 0 Å². The van der Waals surface area contributed by atoms with Gasteiger partial charge in [0.25, 0.3) is 0 Å². The molecule has 0 spiro atoms. The Labute approximate surface area is 134 Å². The van der Waals surface area contributed by atoms with E-state index in [4.69, 9.17) is 0 Å². The maximum absolute atomic E-state index is 4.54. The number of hydrogen-bond acceptors (Lipinski definition) is 2. The summed E-state index contributed by atoms with van der Waals surface area (Å²) < 4.78 is 3.38. The normalized spacial score (nSPS) is 12.6. The fourth-order valence-corrected chi connectivity index (χ4v) is 2.86. The van der Waals surface area contributed by atoms with Crippen LogP contribution < -0.4 is 5.32 Å². The van der Waals surface area contributed by atoms with E-state index in [9.17, 15) is 0 Å². The summed E-state index contributed by atoms with van der Waals surface area (Å²) in [5, 5.41) is 8.12. The molecule has 3 nitrogen and oxygen atoms in total. The van der Waals surface area contributed by atoms with E-state index in [0.717, 1.165) is 25.2 Å². The van der Waals surface area contributed by atoms with Gasteiger partial charge in [0.05, 0.1) is 5.69 Å². The van der Waals surface area contributed by atoms with Crippen LogP contribution in [0, 0.1) is 10.5 Å². The van der Waals surface area contributed by atoms with Crippen molar-refractivity contribution in [1.29, 1.82) is 0 Å². The lowest BCUT2D eigenvalue weighted by Gasteiger charge is -2.19. The lowest BCUT2D eigenvalue weighted by molar-refractivity contribution is 0.516. The van der Waals surface area contributed by atoms with Gasteiger partial charge in [-0.1, -0.05) is 19.1 Å². The molecule has 0 amide bonds. The van der Waals surface area contributed by atoms with Gasteiger partial charge in [0.2, 0.25) is 0 Å². The summed E-state index contributed by atoms with van der Waals surface area (Å²) in [5.41, 5.74) is 3.74. The fraction of sp³-hybridized carbons (Fsp3) is 0.438. The van der Waals surface area contributed by atoms with Crippen LogP contribution >= 0.6 is 22.6 Å². The first-order valence-electron chi connectivity index (χ1n) is 7.16. The van der Waals surface area contributed by atoms with Gasteiger partial charge in [-0.25, -0.2) is 0 Å². The Bertz CT molecular complexity index is 545. The number of aromatic nitrogens is 2. The van der Waals surface area contributed by atoms with Crippen LogP contribution in [0.25, 0.3) is 0 Å². The standard InChI is InChI=1S/C16H22IN3/c1-4-18-16(13-6-8-14(17)9-7-13)11-15-10-12(3)19-20(15)5-2/h6-10,16,18H,4-5,11H2,1-3H3. The Morgan fingerprint density at radius 3 is 2.55 bits per heavy atom. The second-order valence-electron chi connectivity index (χ2n) is 4.96. The average molecular weight is 383 g/mol. The predicted octanol–water partition coefficient (Wildman–Crippen LogP) is 3.71. The van der Waals surface area contributed by atoms with Crippen molar-refractivity contribution in [2.24, 2.45) is 0 Å². The van der Waals surface area contributed by atoms with Crippen LogP contribution in [0.2, 0.25) is 0 Å². The first kappa shape index (κ1) is 15.5. The maximum atomic E-state index is 4.54. The molecule has 1 unspecified atom stereocenters. The van der Waals surface area contributed by atoms with Crippen molar-refractivity contribution in [1.82, 2.24) is 15.1 Å². The lowest BCUT2D eigenvalue weighted by atomic mass is 10.0. The maximum Gasteiger partial charge on any atom is 0.0596 e. The molecule has 0 saturated carbocycles. The van der Waals surface area contributed by atoms with E-state index >= 15 is 0 Å². The fourth-order valence-electron chi connectivity index (χ4n) is 2.50. The molecule has 0 bridgehead atoms. The summed E-state index contributed by atoms with van der Waals surface area (Å²) in [6.45, 7) is 8.25. The van der Waals surface area contributed by atoms with E-state index in [1.807, 2.05) is 0 Å². The minimum absolute atomic E-state index is 0.346. The van der Waals surface area contributed by atoms with Crippen molar-refractivity contribution < 1.29 is 0 Å². The molecule has 0 radical (unpaired) electrons. The molecule has 20 heavy (non-hydrogen) atoms. The highest BCUT2D eigenvalue weighted by molar-refractivity contribution is 14.1. The predicted molar refractivity (Wildman–Crippen MR) is 91.9 cm³/mol.